The van der Waals surface area contributed by atoms with Gasteiger partial charge in [-0.2, -0.15) is 5.10 Å². The van der Waals surface area contributed by atoms with Gasteiger partial charge in [-0.25, -0.2) is 0 Å². The lowest BCUT2D eigenvalue weighted by atomic mass is 10.0. The summed E-state index contributed by atoms with van der Waals surface area (Å²) in [6, 6.07) is 2.21. The van der Waals surface area contributed by atoms with Gasteiger partial charge in [0, 0.05) is 11.0 Å². The van der Waals surface area contributed by atoms with Crippen molar-refractivity contribution in [1.82, 2.24) is 9.78 Å². The molecule has 3 heteroatoms. The molecule has 2 nitrogen and oxygen atoms in total. The monoisotopic (exact) mass is 272 g/mol. The molecule has 0 saturated carbocycles. The van der Waals surface area contributed by atoms with Crippen LogP contribution in [0.3, 0.4) is 0 Å². The van der Waals surface area contributed by atoms with Crippen molar-refractivity contribution >= 4 is 15.9 Å². The normalized spacial score (nSPS) is 12.5. The molecule has 0 atom stereocenters. The zero-order chi connectivity index (χ0) is 11.6. The molecule has 1 aromatic rings. The summed E-state index contributed by atoms with van der Waals surface area (Å²) in [4.78, 5) is 0. The average Bonchev–Trinajstić information content (AvgIpc) is 2.45. The fourth-order valence-electron chi connectivity index (χ4n) is 1.68. The van der Waals surface area contributed by atoms with Crippen molar-refractivity contribution in [3.05, 3.63) is 17.5 Å². The molecule has 1 rings (SSSR count). The molecule has 0 aromatic carbocycles. The second kappa shape index (κ2) is 4.69. The molecule has 0 fully saturated rings. The van der Waals surface area contributed by atoms with Gasteiger partial charge in [-0.15, -0.1) is 0 Å². The van der Waals surface area contributed by atoms with Crippen molar-refractivity contribution in [2.75, 3.05) is 0 Å². The number of hydrogen-bond acceptors (Lipinski definition) is 1. The van der Waals surface area contributed by atoms with Crippen LogP contribution in [0.1, 0.15) is 46.0 Å². The van der Waals surface area contributed by atoms with E-state index in [1.807, 2.05) is 0 Å². The Morgan fingerprint density at radius 2 is 2.00 bits per heavy atom. The van der Waals surface area contributed by atoms with Gasteiger partial charge in [0.15, 0.2) is 0 Å². The van der Waals surface area contributed by atoms with E-state index in [0.717, 1.165) is 17.4 Å². The van der Waals surface area contributed by atoms with Crippen molar-refractivity contribution < 1.29 is 0 Å². The van der Waals surface area contributed by atoms with Crippen LogP contribution in [0, 0.1) is 5.92 Å². The summed E-state index contributed by atoms with van der Waals surface area (Å²) in [6.07, 6.45) is 1.09. The smallest absolute Gasteiger partial charge is 0.0733 e. The summed E-state index contributed by atoms with van der Waals surface area (Å²) >= 11 is 3.46. The Balaban J connectivity index is 3.06. The summed E-state index contributed by atoms with van der Waals surface area (Å²) in [5, 5.41) is 5.46. The highest BCUT2D eigenvalue weighted by Gasteiger charge is 2.19. The minimum atomic E-state index is 0.0741. The fraction of sp³-hybridized carbons (Fsp3) is 0.750. The summed E-state index contributed by atoms with van der Waals surface area (Å²) < 4.78 is 2.16. The highest BCUT2D eigenvalue weighted by atomic mass is 79.9. The van der Waals surface area contributed by atoms with E-state index >= 15 is 0 Å². The number of nitrogens with zero attached hydrogens (tertiary/aromatic N) is 2. The van der Waals surface area contributed by atoms with Gasteiger partial charge in [-0.3, -0.25) is 4.68 Å². The van der Waals surface area contributed by atoms with E-state index < -0.39 is 0 Å². The molecule has 0 aliphatic heterocycles. The molecular formula is C12H21BrN2. The zero-order valence-electron chi connectivity index (χ0n) is 10.3. The fourth-order valence-corrected chi connectivity index (χ4v) is 1.96. The predicted octanol–water partition coefficient (Wildman–Crippen LogP) is 3.73. The molecule has 1 aromatic heterocycles. The van der Waals surface area contributed by atoms with Gasteiger partial charge >= 0.3 is 0 Å². The molecule has 0 amide bonds. The number of halogens is 1. The van der Waals surface area contributed by atoms with Crippen LogP contribution in [0.5, 0.6) is 0 Å². The molecule has 0 bridgehead atoms. The van der Waals surface area contributed by atoms with Gasteiger partial charge in [0.25, 0.3) is 0 Å². The van der Waals surface area contributed by atoms with E-state index in [1.54, 1.807) is 0 Å². The van der Waals surface area contributed by atoms with E-state index in [9.17, 15) is 0 Å². The van der Waals surface area contributed by atoms with Gasteiger partial charge in [0.2, 0.25) is 0 Å². The van der Waals surface area contributed by atoms with E-state index in [2.05, 4.69) is 66.4 Å². The first-order valence-corrected chi connectivity index (χ1v) is 6.61. The maximum atomic E-state index is 4.62. The van der Waals surface area contributed by atoms with E-state index in [-0.39, 0.29) is 5.54 Å². The van der Waals surface area contributed by atoms with Crippen molar-refractivity contribution in [3.8, 4) is 0 Å². The summed E-state index contributed by atoms with van der Waals surface area (Å²) in [7, 11) is 0. The Kier molecular flexibility index (Phi) is 3.99. The lowest BCUT2D eigenvalue weighted by molar-refractivity contribution is 0.337. The Bertz CT molecular complexity index is 321. The molecule has 0 unspecified atom stereocenters. The van der Waals surface area contributed by atoms with Gasteiger partial charge in [0.05, 0.1) is 11.2 Å². The zero-order valence-corrected chi connectivity index (χ0v) is 11.9. The lowest BCUT2D eigenvalue weighted by Crippen LogP contribution is -2.26. The van der Waals surface area contributed by atoms with Crippen LogP contribution in [-0.4, -0.2) is 9.78 Å². The van der Waals surface area contributed by atoms with Crippen LogP contribution < -0.4 is 0 Å². The molecule has 0 N–H and O–H groups in total. The quantitative estimate of drug-likeness (QED) is 0.767. The third-order valence-corrected chi connectivity index (χ3v) is 2.80. The molecule has 0 spiro atoms. The molecule has 0 aliphatic carbocycles. The number of rotatable bonds is 3. The summed E-state index contributed by atoms with van der Waals surface area (Å²) in [6.45, 7) is 11.1. The standard InChI is InChI=1S/C12H21BrN2/c1-9(2)6-11-7-10(8-13)14-15(11)12(3,4)5/h7,9H,6,8H2,1-5H3. The molecule has 0 saturated heterocycles. The van der Waals surface area contributed by atoms with Crippen LogP contribution in [0.25, 0.3) is 0 Å². The number of hydrogen-bond donors (Lipinski definition) is 0. The third kappa shape index (κ3) is 3.33. The van der Waals surface area contributed by atoms with Gasteiger partial charge < -0.3 is 0 Å². The molecule has 86 valence electrons. The summed E-state index contributed by atoms with van der Waals surface area (Å²) in [5.74, 6) is 0.672. The Labute approximate surface area is 101 Å². The van der Waals surface area contributed by atoms with Crippen molar-refractivity contribution in [3.63, 3.8) is 0 Å². The van der Waals surface area contributed by atoms with Crippen molar-refractivity contribution in [1.29, 1.82) is 0 Å². The molecule has 15 heavy (non-hydrogen) atoms. The molecule has 0 aliphatic rings. The second-order valence-electron chi connectivity index (χ2n) is 5.44. The number of alkyl halides is 1. The topological polar surface area (TPSA) is 17.8 Å². The largest absolute Gasteiger partial charge is 0.264 e. The summed E-state index contributed by atoms with van der Waals surface area (Å²) in [5.41, 5.74) is 2.54. The van der Waals surface area contributed by atoms with Gasteiger partial charge in [0.1, 0.15) is 0 Å². The van der Waals surface area contributed by atoms with Crippen LogP contribution in [0.15, 0.2) is 6.07 Å². The van der Waals surface area contributed by atoms with Crippen LogP contribution >= 0.6 is 15.9 Å². The Hall–Kier alpha value is -0.310. The Morgan fingerprint density at radius 1 is 1.40 bits per heavy atom. The lowest BCUT2D eigenvalue weighted by Gasteiger charge is -2.23. The Morgan fingerprint density at radius 3 is 2.40 bits per heavy atom. The first-order chi connectivity index (χ1) is 6.84. The van der Waals surface area contributed by atoms with E-state index in [1.165, 1.54) is 5.69 Å². The predicted molar refractivity (Wildman–Crippen MR) is 68.4 cm³/mol. The minimum Gasteiger partial charge on any atom is -0.264 e. The molecule has 0 radical (unpaired) electrons. The van der Waals surface area contributed by atoms with Crippen LogP contribution in [0.4, 0.5) is 0 Å². The average molecular weight is 273 g/mol. The first-order valence-electron chi connectivity index (χ1n) is 5.49. The first kappa shape index (κ1) is 12.8. The second-order valence-corrected chi connectivity index (χ2v) is 6.00. The van der Waals surface area contributed by atoms with Gasteiger partial charge in [-0.05, 0) is 39.2 Å². The SMILES string of the molecule is CC(C)Cc1cc(CBr)nn1C(C)(C)C. The van der Waals surface area contributed by atoms with Crippen molar-refractivity contribution in [2.24, 2.45) is 5.92 Å². The van der Waals surface area contributed by atoms with Crippen LogP contribution in [0.2, 0.25) is 0 Å². The van der Waals surface area contributed by atoms with Crippen molar-refractivity contribution in [2.45, 2.75) is 51.9 Å². The molecule has 1 heterocycles. The maximum Gasteiger partial charge on any atom is 0.0733 e. The third-order valence-electron chi connectivity index (χ3n) is 2.22. The highest BCUT2D eigenvalue weighted by Crippen LogP contribution is 2.20. The maximum absolute atomic E-state index is 4.62. The molecular weight excluding hydrogens is 252 g/mol. The van der Waals surface area contributed by atoms with Gasteiger partial charge in [-0.1, -0.05) is 29.8 Å². The highest BCUT2D eigenvalue weighted by molar-refractivity contribution is 9.08. The number of aromatic nitrogens is 2. The van der Waals surface area contributed by atoms with E-state index in [4.69, 9.17) is 0 Å². The van der Waals surface area contributed by atoms with E-state index in [0.29, 0.717) is 5.92 Å². The van der Waals surface area contributed by atoms with Crippen LogP contribution in [-0.2, 0) is 17.3 Å². The minimum absolute atomic E-state index is 0.0741.